The number of hydrogen-bond acceptors (Lipinski definition) is 4. The van der Waals surface area contributed by atoms with Gasteiger partial charge in [-0.05, 0) is 43.2 Å². The number of hydrogen-bond donors (Lipinski definition) is 2. The van der Waals surface area contributed by atoms with Crippen LogP contribution in [0.25, 0.3) is 0 Å². The van der Waals surface area contributed by atoms with Crippen molar-refractivity contribution >= 4 is 27.7 Å². The molecule has 2 aromatic carbocycles. The molecule has 6 nitrogen and oxygen atoms in total. The van der Waals surface area contributed by atoms with E-state index in [4.69, 9.17) is 9.47 Å². The number of rotatable bonds is 11. The Balaban J connectivity index is 2.00. The SMILES string of the molecule is CCCCCCOc1ccc(Br)cc1C(=O)NNC(=O)c1ccccc1OCCC. The Hall–Kier alpha value is -2.54. The third-order valence-corrected chi connectivity index (χ3v) is 4.82. The van der Waals surface area contributed by atoms with Crippen molar-refractivity contribution in [3.63, 3.8) is 0 Å². The number of para-hydroxylation sites is 1. The van der Waals surface area contributed by atoms with Crippen LogP contribution in [0.4, 0.5) is 0 Å². The number of carbonyl (C=O) groups excluding carboxylic acids is 2. The van der Waals surface area contributed by atoms with Gasteiger partial charge >= 0.3 is 0 Å². The summed E-state index contributed by atoms with van der Waals surface area (Å²) in [6.07, 6.45) is 5.15. The summed E-state index contributed by atoms with van der Waals surface area (Å²) in [7, 11) is 0. The van der Waals surface area contributed by atoms with E-state index in [0.717, 1.165) is 36.6 Å². The minimum Gasteiger partial charge on any atom is -0.493 e. The molecule has 0 saturated carbocycles. The molecule has 0 radical (unpaired) electrons. The highest BCUT2D eigenvalue weighted by atomic mass is 79.9. The van der Waals surface area contributed by atoms with Crippen molar-refractivity contribution in [2.45, 2.75) is 46.0 Å². The first-order chi connectivity index (χ1) is 14.6. The molecule has 0 bridgehead atoms. The summed E-state index contributed by atoms with van der Waals surface area (Å²) in [4.78, 5) is 25.2. The second-order valence-electron chi connectivity index (χ2n) is 6.80. The van der Waals surface area contributed by atoms with Crippen molar-refractivity contribution in [1.29, 1.82) is 0 Å². The standard InChI is InChI=1S/C23H29BrN2O4/c1-3-5-6-9-15-30-21-13-12-17(24)16-19(21)23(28)26-25-22(27)18-10-7-8-11-20(18)29-14-4-2/h7-8,10-13,16H,3-6,9,14-15H2,1-2H3,(H,25,27)(H,26,28). The third-order valence-electron chi connectivity index (χ3n) is 4.32. The lowest BCUT2D eigenvalue weighted by Crippen LogP contribution is -2.41. The first-order valence-corrected chi connectivity index (χ1v) is 11.1. The zero-order valence-electron chi connectivity index (χ0n) is 17.5. The summed E-state index contributed by atoms with van der Waals surface area (Å²) in [6.45, 7) is 5.19. The Labute approximate surface area is 186 Å². The van der Waals surface area contributed by atoms with Crippen LogP contribution < -0.4 is 20.3 Å². The van der Waals surface area contributed by atoms with Crippen LogP contribution in [0.3, 0.4) is 0 Å². The monoisotopic (exact) mass is 476 g/mol. The fourth-order valence-electron chi connectivity index (χ4n) is 2.76. The Morgan fingerprint density at radius 3 is 2.20 bits per heavy atom. The van der Waals surface area contributed by atoms with E-state index in [1.54, 1.807) is 36.4 Å². The lowest BCUT2D eigenvalue weighted by Gasteiger charge is -2.14. The van der Waals surface area contributed by atoms with E-state index in [2.05, 4.69) is 33.7 Å². The molecule has 30 heavy (non-hydrogen) atoms. The highest BCUT2D eigenvalue weighted by molar-refractivity contribution is 9.10. The molecular weight excluding hydrogens is 448 g/mol. The van der Waals surface area contributed by atoms with Gasteiger partial charge in [-0.3, -0.25) is 20.4 Å². The van der Waals surface area contributed by atoms with Gasteiger partial charge in [0.1, 0.15) is 11.5 Å². The normalized spacial score (nSPS) is 10.4. The van der Waals surface area contributed by atoms with Gasteiger partial charge in [0, 0.05) is 4.47 Å². The minimum absolute atomic E-state index is 0.343. The number of benzene rings is 2. The van der Waals surface area contributed by atoms with E-state index in [0.29, 0.717) is 35.8 Å². The fraction of sp³-hybridized carbons (Fsp3) is 0.391. The zero-order chi connectivity index (χ0) is 21.8. The molecule has 2 aromatic rings. The molecule has 2 amide bonds. The molecular formula is C23H29BrN2O4. The van der Waals surface area contributed by atoms with Crippen molar-refractivity contribution in [2.75, 3.05) is 13.2 Å². The van der Waals surface area contributed by atoms with Crippen LogP contribution in [-0.2, 0) is 0 Å². The summed E-state index contributed by atoms with van der Waals surface area (Å²) in [5.41, 5.74) is 5.62. The van der Waals surface area contributed by atoms with E-state index in [-0.39, 0.29) is 0 Å². The maximum Gasteiger partial charge on any atom is 0.273 e. The summed E-state index contributed by atoms with van der Waals surface area (Å²) in [6, 6.07) is 12.1. The van der Waals surface area contributed by atoms with Crippen molar-refractivity contribution in [2.24, 2.45) is 0 Å². The average Bonchev–Trinajstić information content (AvgIpc) is 2.76. The summed E-state index contributed by atoms with van der Waals surface area (Å²) < 4.78 is 12.2. The van der Waals surface area contributed by atoms with Gasteiger partial charge in [-0.25, -0.2) is 0 Å². The van der Waals surface area contributed by atoms with Crippen LogP contribution in [0.5, 0.6) is 11.5 Å². The molecule has 0 unspecified atom stereocenters. The van der Waals surface area contributed by atoms with Crippen LogP contribution in [0.2, 0.25) is 0 Å². The van der Waals surface area contributed by atoms with E-state index >= 15 is 0 Å². The lowest BCUT2D eigenvalue weighted by atomic mass is 10.2. The highest BCUT2D eigenvalue weighted by Gasteiger charge is 2.16. The second kappa shape index (κ2) is 12.9. The van der Waals surface area contributed by atoms with Crippen molar-refractivity contribution in [1.82, 2.24) is 10.9 Å². The van der Waals surface area contributed by atoms with Gasteiger partial charge < -0.3 is 9.47 Å². The number of carbonyl (C=O) groups is 2. The summed E-state index contributed by atoms with van der Waals surface area (Å²) in [5.74, 6) is 0.0463. The fourth-order valence-corrected chi connectivity index (χ4v) is 3.12. The molecule has 0 saturated heterocycles. The quantitative estimate of drug-likeness (QED) is 0.342. The zero-order valence-corrected chi connectivity index (χ0v) is 19.1. The van der Waals surface area contributed by atoms with Crippen LogP contribution >= 0.6 is 15.9 Å². The number of halogens is 1. The van der Waals surface area contributed by atoms with Gasteiger partial charge in [-0.15, -0.1) is 0 Å². The maximum atomic E-state index is 12.7. The third kappa shape index (κ3) is 7.37. The van der Waals surface area contributed by atoms with E-state index in [9.17, 15) is 9.59 Å². The van der Waals surface area contributed by atoms with Crippen LogP contribution in [0.15, 0.2) is 46.9 Å². The Kier molecular flexibility index (Phi) is 10.2. The van der Waals surface area contributed by atoms with E-state index in [1.807, 2.05) is 13.0 Å². The van der Waals surface area contributed by atoms with Gasteiger partial charge in [-0.1, -0.05) is 61.2 Å². The summed E-state index contributed by atoms with van der Waals surface area (Å²) >= 11 is 3.38. The molecule has 0 spiro atoms. The molecule has 0 aliphatic heterocycles. The van der Waals surface area contributed by atoms with Crippen LogP contribution in [0, 0.1) is 0 Å². The molecule has 2 N–H and O–H groups in total. The van der Waals surface area contributed by atoms with Crippen molar-refractivity contribution < 1.29 is 19.1 Å². The molecule has 2 rings (SSSR count). The van der Waals surface area contributed by atoms with Crippen LogP contribution in [0.1, 0.15) is 66.7 Å². The lowest BCUT2D eigenvalue weighted by molar-refractivity contribution is 0.0842. The van der Waals surface area contributed by atoms with Gasteiger partial charge in [0.25, 0.3) is 11.8 Å². The van der Waals surface area contributed by atoms with Gasteiger partial charge in [-0.2, -0.15) is 0 Å². The number of ether oxygens (including phenoxy) is 2. The number of hydrazine groups is 1. The predicted octanol–water partition coefficient (Wildman–Crippen LogP) is 5.27. The first-order valence-electron chi connectivity index (χ1n) is 10.3. The molecule has 0 aliphatic carbocycles. The smallest absolute Gasteiger partial charge is 0.273 e. The van der Waals surface area contributed by atoms with Crippen LogP contribution in [-0.4, -0.2) is 25.0 Å². The molecule has 0 heterocycles. The first kappa shape index (κ1) is 23.7. The topological polar surface area (TPSA) is 76.7 Å². The molecule has 0 aromatic heterocycles. The van der Waals surface area contributed by atoms with E-state index < -0.39 is 11.8 Å². The minimum atomic E-state index is -0.458. The largest absolute Gasteiger partial charge is 0.493 e. The number of amides is 2. The number of nitrogens with one attached hydrogen (secondary N) is 2. The van der Waals surface area contributed by atoms with Gasteiger partial charge in [0.2, 0.25) is 0 Å². The summed E-state index contributed by atoms with van der Waals surface area (Å²) in [5, 5.41) is 0. The van der Waals surface area contributed by atoms with Gasteiger partial charge in [0.05, 0.1) is 24.3 Å². The Morgan fingerprint density at radius 2 is 1.47 bits per heavy atom. The molecule has 0 aliphatic rings. The molecule has 162 valence electrons. The number of unbranched alkanes of at least 4 members (excludes halogenated alkanes) is 3. The van der Waals surface area contributed by atoms with Crippen molar-refractivity contribution in [3.8, 4) is 11.5 Å². The predicted molar refractivity (Wildman–Crippen MR) is 121 cm³/mol. The van der Waals surface area contributed by atoms with Crippen molar-refractivity contribution in [3.05, 3.63) is 58.1 Å². The molecule has 7 heteroatoms. The maximum absolute atomic E-state index is 12.7. The Morgan fingerprint density at radius 1 is 0.800 bits per heavy atom. The Bertz CT molecular complexity index is 842. The van der Waals surface area contributed by atoms with E-state index in [1.165, 1.54) is 0 Å². The van der Waals surface area contributed by atoms with Gasteiger partial charge in [0.15, 0.2) is 0 Å². The second-order valence-corrected chi connectivity index (χ2v) is 7.72. The highest BCUT2D eigenvalue weighted by Crippen LogP contribution is 2.24. The molecule has 0 atom stereocenters. The average molecular weight is 477 g/mol. The molecule has 0 fully saturated rings.